The van der Waals surface area contributed by atoms with Gasteiger partial charge >= 0.3 is 0 Å². The van der Waals surface area contributed by atoms with Crippen LogP contribution in [0.1, 0.15) is 19.3 Å². The van der Waals surface area contributed by atoms with Crippen LogP contribution in [0, 0.1) is 0 Å². The van der Waals surface area contributed by atoms with Crippen LogP contribution in [0.15, 0.2) is 0 Å². The Balaban J connectivity index is 2.28. The van der Waals surface area contributed by atoms with Crippen LogP contribution in [0.4, 0.5) is 8.78 Å². The van der Waals surface area contributed by atoms with E-state index in [4.69, 9.17) is 5.11 Å². The number of alkyl halides is 2. The van der Waals surface area contributed by atoms with Crippen molar-refractivity contribution in [3.63, 3.8) is 0 Å². The Morgan fingerprint density at radius 3 is 2.80 bits per heavy atom. The molecule has 0 spiro atoms. The van der Waals surface area contributed by atoms with Crippen molar-refractivity contribution in [1.29, 1.82) is 0 Å². The molecule has 3 nitrogen and oxygen atoms in total. The largest absolute Gasteiger partial charge is 0.390 e. The molecular formula is C9H15F2NO2S. The Morgan fingerprint density at radius 2 is 2.27 bits per heavy atom. The summed E-state index contributed by atoms with van der Waals surface area (Å²) in [6.07, 6.45) is 2.81. The van der Waals surface area contributed by atoms with E-state index in [-0.39, 0.29) is 11.2 Å². The number of carbonyl (C=O) groups is 1. The molecule has 0 aromatic carbocycles. The molecule has 88 valence electrons. The molecule has 0 aliphatic carbocycles. The molecule has 1 unspecified atom stereocenters. The van der Waals surface area contributed by atoms with Gasteiger partial charge in [-0.2, -0.15) is 0 Å². The van der Waals surface area contributed by atoms with Gasteiger partial charge in [-0.1, -0.05) is 6.42 Å². The molecule has 1 saturated heterocycles. The maximum Gasteiger partial charge on any atom is 0.287 e. The van der Waals surface area contributed by atoms with Crippen LogP contribution in [0.25, 0.3) is 0 Å². The fraction of sp³-hybridized carbons (Fsp3) is 0.889. The monoisotopic (exact) mass is 239 g/mol. The minimum Gasteiger partial charge on any atom is -0.390 e. The Kier molecular flexibility index (Phi) is 4.79. The summed E-state index contributed by atoms with van der Waals surface area (Å²) in [5.74, 6) is -2.64. The van der Waals surface area contributed by atoms with Gasteiger partial charge in [0.05, 0.1) is 11.8 Å². The highest BCUT2D eigenvalue weighted by Gasteiger charge is 2.30. The predicted molar refractivity (Wildman–Crippen MR) is 55.1 cm³/mol. The highest BCUT2D eigenvalue weighted by atomic mass is 32.2. The fourth-order valence-corrected chi connectivity index (χ4v) is 2.56. The second kappa shape index (κ2) is 5.65. The van der Waals surface area contributed by atoms with E-state index in [0.29, 0.717) is 0 Å². The fourth-order valence-electron chi connectivity index (χ4n) is 1.33. The van der Waals surface area contributed by atoms with Gasteiger partial charge in [-0.3, -0.25) is 4.79 Å². The molecule has 1 aliphatic heterocycles. The summed E-state index contributed by atoms with van der Waals surface area (Å²) >= 11 is 1.51. The topological polar surface area (TPSA) is 49.3 Å². The number of rotatable bonds is 4. The normalized spacial score (nSPS) is 22.5. The molecule has 1 fully saturated rings. The van der Waals surface area contributed by atoms with E-state index in [1.165, 1.54) is 11.8 Å². The average Bonchev–Trinajstić information content (AvgIpc) is 2.27. The first-order valence-corrected chi connectivity index (χ1v) is 5.98. The van der Waals surface area contributed by atoms with Crippen molar-refractivity contribution in [2.45, 2.75) is 30.4 Å². The lowest BCUT2D eigenvalue weighted by atomic mass is 10.2. The number of halogens is 2. The Labute approximate surface area is 91.6 Å². The number of aliphatic hydroxyl groups is 1. The summed E-state index contributed by atoms with van der Waals surface area (Å²) in [5, 5.41) is 10.3. The number of hydrogen-bond donors (Lipinski definition) is 2. The van der Waals surface area contributed by atoms with Gasteiger partial charge in [-0.25, -0.2) is 8.78 Å². The van der Waals surface area contributed by atoms with Crippen molar-refractivity contribution in [1.82, 2.24) is 5.32 Å². The van der Waals surface area contributed by atoms with Crippen LogP contribution in [0.2, 0.25) is 0 Å². The predicted octanol–water partition coefficient (Wildman–Crippen LogP) is 1.02. The maximum absolute atomic E-state index is 12.6. The molecular weight excluding hydrogens is 224 g/mol. The molecule has 0 aromatic heterocycles. The third-order valence-corrected chi connectivity index (χ3v) is 3.60. The number of aliphatic hydroxyl groups excluding tert-OH is 1. The van der Waals surface area contributed by atoms with Gasteiger partial charge < -0.3 is 10.4 Å². The lowest BCUT2D eigenvalue weighted by Crippen LogP contribution is -2.43. The molecule has 0 saturated carbocycles. The molecule has 6 heteroatoms. The standard InChI is InChI=1S/C9H15F2NO2S/c10-9(11,6-13)5-12-8(14)7-3-1-2-4-15-7/h7,13H,1-6H2,(H,12,14). The lowest BCUT2D eigenvalue weighted by Gasteiger charge is -2.21. The van der Waals surface area contributed by atoms with E-state index < -0.39 is 19.1 Å². The van der Waals surface area contributed by atoms with Gasteiger partial charge in [-0.15, -0.1) is 11.8 Å². The second-order valence-corrected chi connectivity index (χ2v) is 4.90. The quantitative estimate of drug-likeness (QED) is 0.770. The van der Waals surface area contributed by atoms with Gasteiger partial charge in [0.25, 0.3) is 5.92 Å². The maximum atomic E-state index is 12.6. The van der Waals surface area contributed by atoms with E-state index in [2.05, 4.69) is 5.32 Å². The zero-order valence-corrected chi connectivity index (χ0v) is 9.16. The van der Waals surface area contributed by atoms with Crippen LogP contribution < -0.4 is 5.32 Å². The zero-order valence-electron chi connectivity index (χ0n) is 8.34. The van der Waals surface area contributed by atoms with Crippen LogP contribution in [0.3, 0.4) is 0 Å². The molecule has 0 bridgehead atoms. The smallest absolute Gasteiger partial charge is 0.287 e. The highest BCUT2D eigenvalue weighted by molar-refractivity contribution is 8.00. The Bertz CT molecular complexity index is 220. The minimum atomic E-state index is -3.21. The summed E-state index contributed by atoms with van der Waals surface area (Å²) in [7, 11) is 0. The highest BCUT2D eigenvalue weighted by Crippen LogP contribution is 2.25. The first-order valence-electron chi connectivity index (χ1n) is 4.93. The minimum absolute atomic E-state index is 0.201. The molecule has 1 amide bonds. The van der Waals surface area contributed by atoms with Gasteiger partial charge in [0, 0.05) is 0 Å². The first-order chi connectivity index (χ1) is 7.05. The van der Waals surface area contributed by atoms with Crippen molar-refractivity contribution >= 4 is 17.7 Å². The molecule has 1 heterocycles. The zero-order chi connectivity index (χ0) is 11.3. The van der Waals surface area contributed by atoms with E-state index in [9.17, 15) is 13.6 Å². The van der Waals surface area contributed by atoms with E-state index in [0.717, 1.165) is 25.0 Å². The van der Waals surface area contributed by atoms with Crippen molar-refractivity contribution in [3.8, 4) is 0 Å². The van der Waals surface area contributed by atoms with Crippen molar-refractivity contribution < 1.29 is 18.7 Å². The third-order valence-electron chi connectivity index (χ3n) is 2.22. The Hall–Kier alpha value is -0.360. The SMILES string of the molecule is O=C(NCC(F)(F)CO)C1CCCCS1. The van der Waals surface area contributed by atoms with E-state index >= 15 is 0 Å². The molecule has 1 aliphatic rings. The summed E-state index contributed by atoms with van der Waals surface area (Å²) in [6, 6.07) is 0. The molecule has 2 N–H and O–H groups in total. The van der Waals surface area contributed by atoms with E-state index in [1.807, 2.05) is 0 Å². The summed E-state index contributed by atoms with van der Waals surface area (Å²) < 4.78 is 25.2. The number of thioether (sulfide) groups is 1. The van der Waals surface area contributed by atoms with Crippen LogP contribution in [-0.2, 0) is 4.79 Å². The third kappa shape index (κ3) is 4.34. The van der Waals surface area contributed by atoms with Crippen LogP contribution >= 0.6 is 11.8 Å². The van der Waals surface area contributed by atoms with Crippen molar-refractivity contribution in [2.75, 3.05) is 18.9 Å². The number of amides is 1. The molecule has 1 atom stereocenters. The van der Waals surface area contributed by atoms with Gasteiger partial charge in [-0.05, 0) is 18.6 Å². The average molecular weight is 239 g/mol. The first kappa shape index (κ1) is 12.7. The van der Waals surface area contributed by atoms with Crippen LogP contribution in [0.5, 0.6) is 0 Å². The molecule has 0 aromatic rings. The van der Waals surface area contributed by atoms with Crippen LogP contribution in [-0.4, -0.2) is 41.1 Å². The molecule has 0 radical (unpaired) electrons. The second-order valence-electron chi connectivity index (χ2n) is 3.59. The molecule has 15 heavy (non-hydrogen) atoms. The van der Waals surface area contributed by atoms with Gasteiger partial charge in [0.15, 0.2) is 0 Å². The van der Waals surface area contributed by atoms with E-state index in [1.54, 1.807) is 0 Å². The summed E-state index contributed by atoms with van der Waals surface area (Å²) in [5.41, 5.74) is 0. The summed E-state index contributed by atoms with van der Waals surface area (Å²) in [6.45, 7) is -2.01. The molecule has 1 rings (SSSR count). The number of hydrogen-bond acceptors (Lipinski definition) is 3. The lowest BCUT2D eigenvalue weighted by molar-refractivity contribution is -0.123. The van der Waals surface area contributed by atoms with Gasteiger partial charge in [0.2, 0.25) is 5.91 Å². The van der Waals surface area contributed by atoms with Gasteiger partial charge in [0.1, 0.15) is 6.61 Å². The van der Waals surface area contributed by atoms with Crippen molar-refractivity contribution in [2.24, 2.45) is 0 Å². The Morgan fingerprint density at radius 1 is 1.53 bits per heavy atom. The number of carbonyl (C=O) groups excluding carboxylic acids is 1. The number of nitrogens with one attached hydrogen (secondary N) is 1. The summed E-state index contributed by atoms with van der Waals surface area (Å²) in [4.78, 5) is 11.4. The van der Waals surface area contributed by atoms with Crippen molar-refractivity contribution in [3.05, 3.63) is 0 Å².